The minimum absolute atomic E-state index is 0.0138. The highest BCUT2D eigenvalue weighted by Crippen LogP contribution is 2.29. The van der Waals surface area contributed by atoms with Crippen molar-refractivity contribution in [3.05, 3.63) is 39.8 Å². The third-order valence-electron chi connectivity index (χ3n) is 6.26. The van der Waals surface area contributed by atoms with Gasteiger partial charge in [0.25, 0.3) is 5.91 Å². The molecule has 2 rings (SSSR count). The lowest BCUT2D eigenvalue weighted by atomic mass is 9.97. The maximum absolute atomic E-state index is 15.2. The highest BCUT2D eigenvalue weighted by Gasteiger charge is 2.24. The summed E-state index contributed by atoms with van der Waals surface area (Å²) in [7, 11) is 1.60. The lowest BCUT2D eigenvalue weighted by molar-refractivity contribution is 0.0920. The molecule has 1 amide bonds. The second kappa shape index (κ2) is 11.3. The Balaban J connectivity index is 2.60. The molecule has 0 fully saturated rings. The van der Waals surface area contributed by atoms with E-state index in [-0.39, 0.29) is 35.1 Å². The van der Waals surface area contributed by atoms with E-state index in [1.54, 1.807) is 7.05 Å². The molecule has 1 atom stereocenters. The topological polar surface area (TPSA) is 78.2 Å². The van der Waals surface area contributed by atoms with Crippen molar-refractivity contribution >= 4 is 5.91 Å². The fourth-order valence-corrected chi connectivity index (χ4v) is 3.93. The number of aromatic nitrogens is 3. The summed E-state index contributed by atoms with van der Waals surface area (Å²) in [5.74, 6) is -0.0241. The van der Waals surface area contributed by atoms with Crippen LogP contribution in [0.15, 0.2) is 16.9 Å². The number of benzene rings is 1. The summed E-state index contributed by atoms with van der Waals surface area (Å²) in [6.45, 7) is 12.0. The number of halogens is 1. The van der Waals surface area contributed by atoms with Gasteiger partial charge in [0.15, 0.2) is 0 Å². The zero-order chi connectivity index (χ0) is 24.0. The maximum Gasteiger partial charge on any atom is 0.350 e. The molecule has 0 aliphatic carbocycles. The van der Waals surface area contributed by atoms with Gasteiger partial charge in [-0.25, -0.2) is 9.18 Å². The van der Waals surface area contributed by atoms with Crippen LogP contribution in [0.5, 0.6) is 5.75 Å². The molecule has 7 nitrogen and oxygen atoms in total. The van der Waals surface area contributed by atoms with E-state index in [4.69, 9.17) is 4.74 Å². The second-order valence-corrected chi connectivity index (χ2v) is 8.21. The Kier molecular flexibility index (Phi) is 9.04. The van der Waals surface area contributed by atoms with Gasteiger partial charge in [0.05, 0.1) is 11.7 Å². The van der Waals surface area contributed by atoms with Crippen molar-refractivity contribution in [2.75, 3.05) is 0 Å². The van der Waals surface area contributed by atoms with Gasteiger partial charge in [-0.05, 0) is 44.6 Å². The van der Waals surface area contributed by atoms with Crippen molar-refractivity contribution in [3.8, 4) is 11.4 Å². The Morgan fingerprint density at radius 3 is 2.25 bits per heavy atom. The van der Waals surface area contributed by atoms with Crippen LogP contribution in [0.25, 0.3) is 5.69 Å². The lowest BCUT2D eigenvalue weighted by Crippen LogP contribution is -2.34. The molecule has 32 heavy (non-hydrogen) atoms. The largest absolute Gasteiger partial charge is 0.490 e. The molecule has 178 valence electrons. The molecule has 0 aliphatic rings. The van der Waals surface area contributed by atoms with Crippen molar-refractivity contribution in [2.45, 2.75) is 85.8 Å². The van der Waals surface area contributed by atoms with Gasteiger partial charge < -0.3 is 10.1 Å². The number of hydrogen-bond donors (Lipinski definition) is 1. The van der Waals surface area contributed by atoms with Crippen LogP contribution < -0.4 is 15.7 Å². The van der Waals surface area contributed by atoms with Crippen molar-refractivity contribution in [1.29, 1.82) is 0 Å². The first-order chi connectivity index (χ1) is 15.2. The van der Waals surface area contributed by atoms with E-state index < -0.39 is 17.4 Å². The summed E-state index contributed by atoms with van der Waals surface area (Å²) in [5.41, 5.74) is -0.360. The average molecular weight is 449 g/mol. The van der Waals surface area contributed by atoms with Crippen LogP contribution in [0.3, 0.4) is 0 Å². The van der Waals surface area contributed by atoms with Crippen molar-refractivity contribution < 1.29 is 13.9 Å². The Bertz CT molecular complexity index is 974. The van der Waals surface area contributed by atoms with E-state index in [0.717, 1.165) is 36.4 Å². The number of carbonyl (C=O) groups excluding carboxylic acids is 1. The number of aryl methyl sites for hydroxylation is 1. The quantitative estimate of drug-likeness (QED) is 0.553. The molecule has 1 aromatic carbocycles. The molecule has 1 aromatic heterocycles. The van der Waals surface area contributed by atoms with Crippen LogP contribution in [0.2, 0.25) is 0 Å². The summed E-state index contributed by atoms with van der Waals surface area (Å²) in [6, 6.07) is 2.55. The first-order valence-corrected chi connectivity index (χ1v) is 11.7. The minimum atomic E-state index is -0.704. The first kappa shape index (κ1) is 25.6. The molecule has 0 radical (unpaired) electrons. The highest BCUT2D eigenvalue weighted by molar-refractivity contribution is 5.97. The van der Waals surface area contributed by atoms with Crippen LogP contribution in [0.1, 0.15) is 83.4 Å². The number of hydrogen-bond acceptors (Lipinski definition) is 4. The fourth-order valence-electron chi connectivity index (χ4n) is 3.93. The highest BCUT2D eigenvalue weighted by atomic mass is 19.1. The normalized spacial score (nSPS) is 12.4. The Hall–Kier alpha value is -2.64. The van der Waals surface area contributed by atoms with Crippen molar-refractivity contribution in [3.63, 3.8) is 0 Å². The second-order valence-electron chi connectivity index (χ2n) is 8.21. The van der Waals surface area contributed by atoms with Gasteiger partial charge in [-0.2, -0.15) is 4.68 Å². The number of ether oxygens (including phenoxy) is 1. The van der Waals surface area contributed by atoms with E-state index in [9.17, 15) is 9.59 Å². The van der Waals surface area contributed by atoms with Gasteiger partial charge in [-0.1, -0.05) is 34.6 Å². The van der Waals surface area contributed by atoms with Crippen molar-refractivity contribution in [2.24, 2.45) is 13.0 Å². The number of amides is 1. The van der Waals surface area contributed by atoms with E-state index in [1.165, 1.54) is 10.6 Å². The monoisotopic (exact) mass is 448 g/mol. The number of rotatable bonds is 11. The Morgan fingerprint density at radius 1 is 1.12 bits per heavy atom. The van der Waals surface area contributed by atoms with Crippen LogP contribution in [0.4, 0.5) is 4.39 Å². The lowest BCUT2D eigenvalue weighted by Gasteiger charge is -2.25. The molecule has 0 spiro atoms. The Morgan fingerprint density at radius 2 is 1.75 bits per heavy atom. The van der Waals surface area contributed by atoms with Gasteiger partial charge in [0.2, 0.25) is 0 Å². The van der Waals surface area contributed by atoms with E-state index >= 15 is 4.39 Å². The maximum atomic E-state index is 15.2. The minimum Gasteiger partial charge on any atom is -0.490 e. The summed E-state index contributed by atoms with van der Waals surface area (Å²) in [6.07, 6.45) is 3.72. The molecule has 0 saturated carbocycles. The van der Waals surface area contributed by atoms with Gasteiger partial charge >= 0.3 is 5.69 Å². The van der Waals surface area contributed by atoms with Crippen LogP contribution in [0, 0.1) is 11.7 Å². The first-order valence-electron chi connectivity index (χ1n) is 11.7. The van der Waals surface area contributed by atoms with Crippen LogP contribution in [-0.2, 0) is 13.5 Å². The molecule has 0 bridgehead atoms. The van der Waals surface area contributed by atoms with Crippen LogP contribution >= 0.6 is 0 Å². The number of carbonyl (C=O) groups is 1. The fraction of sp³-hybridized carbons (Fsp3) is 0.625. The predicted molar refractivity (Wildman–Crippen MR) is 124 cm³/mol. The molecule has 8 heteroatoms. The molecule has 0 saturated heterocycles. The summed E-state index contributed by atoms with van der Waals surface area (Å²) >= 11 is 0. The van der Waals surface area contributed by atoms with E-state index in [1.807, 2.05) is 27.7 Å². The molecular weight excluding hydrogens is 411 g/mol. The van der Waals surface area contributed by atoms with Gasteiger partial charge in [-0.3, -0.25) is 9.36 Å². The third kappa shape index (κ3) is 5.40. The zero-order valence-electron chi connectivity index (χ0n) is 20.4. The number of nitrogens with one attached hydrogen (secondary N) is 1. The molecule has 1 N–H and O–H groups in total. The summed E-state index contributed by atoms with van der Waals surface area (Å²) < 4.78 is 23.8. The predicted octanol–water partition coefficient (Wildman–Crippen LogP) is 4.39. The third-order valence-corrected chi connectivity index (χ3v) is 6.26. The van der Waals surface area contributed by atoms with Gasteiger partial charge in [0.1, 0.15) is 23.1 Å². The van der Waals surface area contributed by atoms with E-state index in [2.05, 4.69) is 24.3 Å². The van der Waals surface area contributed by atoms with Gasteiger partial charge in [0, 0.05) is 25.6 Å². The van der Waals surface area contributed by atoms with E-state index in [0.29, 0.717) is 12.2 Å². The van der Waals surface area contributed by atoms with Crippen LogP contribution in [-0.4, -0.2) is 32.4 Å². The average Bonchev–Trinajstić information content (AvgIpc) is 3.07. The Labute approximate surface area is 190 Å². The summed E-state index contributed by atoms with van der Waals surface area (Å²) in [5, 5.41) is 7.22. The standard InChI is InChI=1S/C24H37FN4O3/c1-8-16(9-2)15(6)32-21-14-20(29-24(31)28(7)22(12-5)27-29)19(25)13-18(21)23(30)26-17(10-3)11-4/h13-17H,8-12H2,1-7H3,(H,26,30). The molecule has 2 aromatic rings. The van der Waals surface area contributed by atoms with Gasteiger partial charge in [-0.15, -0.1) is 5.10 Å². The SMILES string of the molecule is CCc1nn(-c2cc(OC(C)C(CC)CC)c(C(=O)NC(CC)CC)cc2F)c(=O)n1C. The zero-order valence-corrected chi connectivity index (χ0v) is 20.4. The smallest absolute Gasteiger partial charge is 0.350 e. The molecule has 0 aliphatic heterocycles. The molecule has 1 unspecified atom stereocenters. The van der Waals surface area contributed by atoms with Crippen molar-refractivity contribution in [1.82, 2.24) is 19.7 Å². The summed E-state index contributed by atoms with van der Waals surface area (Å²) in [4.78, 5) is 25.7. The number of nitrogens with zero attached hydrogens (tertiary/aromatic N) is 3. The molecule has 1 heterocycles. The molecular formula is C24H37FN4O3.